The lowest BCUT2D eigenvalue weighted by Gasteiger charge is -2.18. The molecule has 6 heteroatoms. The SMILES string of the molecule is CC/C=C\C/C=C\C/C=C\C/C=C\CCCCCCCCCCCCCCC(=O)OCC(COC(=O)CCCCCCCCCCCCC)OC(=O)CCCCCCCCCCC/C=C\CCCCCCCC. The molecular formula is C67H120O6. The maximum Gasteiger partial charge on any atom is 0.306 e. The third kappa shape index (κ3) is 59.9. The van der Waals surface area contributed by atoms with E-state index in [0.29, 0.717) is 19.3 Å². The maximum absolute atomic E-state index is 12.9. The fraction of sp³-hybridized carbons (Fsp3) is 0.806. The zero-order valence-corrected chi connectivity index (χ0v) is 48.7. The molecule has 0 radical (unpaired) electrons. The molecule has 0 fully saturated rings. The average Bonchev–Trinajstić information content (AvgIpc) is 3.39. The Labute approximate surface area is 453 Å². The monoisotopic (exact) mass is 1020 g/mol. The first-order valence-electron chi connectivity index (χ1n) is 31.8. The van der Waals surface area contributed by atoms with Crippen molar-refractivity contribution in [3.05, 3.63) is 60.8 Å². The summed E-state index contributed by atoms with van der Waals surface area (Å²) < 4.78 is 16.9. The molecule has 0 bridgehead atoms. The number of unbranched alkanes of at least 4 members (excludes halogenated alkanes) is 37. The number of ether oxygens (including phenoxy) is 3. The first-order valence-corrected chi connectivity index (χ1v) is 31.8. The number of allylic oxidation sites excluding steroid dienone is 10. The lowest BCUT2D eigenvalue weighted by atomic mass is 10.0. The number of hydrogen-bond donors (Lipinski definition) is 0. The molecule has 0 amide bonds. The van der Waals surface area contributed by atoms with Gasteiger partial charge < -0.3 is 14.2 Å². The summed E-state index contributed by atoms with van der Waals surface area (Å²) in [5.74, 6) is -0.859. The summed E-state index contributed by atoms with van der Waals surface area (Å²) in [6.45, 7) is 6.56. The molecule has 0 aromatic rings. The van der Waals surface area contributed by atoms with Gasteiger partial charge in [0.1, 0.15) is 13.2 Å². The van der Waals surface area contributed by atoms with Crippen molar-refractivity contribution in [1.29, 1.82) is 0 Å². The van der Waals surface area contributed by atoms with E-state index < -0.39 is 6.10 Å². The summed E-state index contributed by atoms with van der Waals surface area (Å²) in [7, 11) is 0. The molecule has 0 aliphatic carbocycles. The zero-order chi connectivity index (χ0) is 52.9. The van der Waals surface area contributed by atoms with Gasteiger partial charge in [0.15, 0.2) is 6.10 Å². The lowest BCUT2D eigenvalue weighted by molar-refractivity contribution is -0.167. The normalized spacial score (nSPS) is 12.4. The first-order chi connectivity index (χ1) is 36.0. The molecule has 0 aliphatic rings. The molecule has 0 aromatic carbocycles. The number of carbonyl (C=O) groups is 3. The number of esters is 3. The fourth-order valence-electron chi connectivity index (χ4n) is 9.25. The van der Waals surface area contributed by atoms with Crippen LogP contribution in [-0.2, 0) is 28.6 Å². The predicted molar refractivity (Wildman–Crippen MR) is 316 cm³/mol. The third-order valence-electron chi connectivity index (χ3n) is 14.0. The summed E-state index contributed by atoms with van der Waals surface area (Å²) in [5, 5.41) is 0. The number of hydrogen-bond acceptors (Lipinski definition) is 6. The van der Waals surface area contributed by atoms with Crippen LogP contribution < -0.4 is 0 Å². The summed E-state index contributed by atoms with van der Waals surface area (Å²) in [5.41, 5.74) is 0. The minimum atomic E-state index is -0.773. The minimum absolute atomic E-state index is 0.0714. The smallest absolute Gasteiger partial charge is 0.306 e. The number of carbonyl (C=O) groups excluding carboxylic acids is 3. The average molecular weight is 1020 g/mol. The molecule has 0 N–H and O–H groups in total. The lowest BCUT2D eigenvalue weighted by Crippen LogP contribution is -2.30. The second kappa shape index (κ2) is 61.7. The van der Waals surface area contributed by atoms with E-state index in [-0.39, 0.29) is 31.1 Å². The Morgan fingerprint density at radius 1 is 0.288 bits per heavy atom. The van der Waals surface area contributed by atoms with Crippen molar-refractivity contribution in [1.82, 2.24) is 0 Å². The Bertz CT molecular complexity index is 1310. The van der Waals surface area contributed by atoms with Gasteiger partial charge in [0, 0.05) is 19.3 Å². The molecular weight excluding hydrogens is 901 g/mol. The summed E-state index contributed by atoms with van der Waals surface area (Å²) in [4.78, 5) is 38.2. The predicted octanol–water partition coefficient (Wildman–Crippen LogP) is 21.6. The van der Waals surface area contributed by atoms with Gasteiger partial charge in [0.2, 0.25) is 0 Å². The van der Waals surface area contributed by atoms with Gasteiger partial charge >= 0.3 is 17.9 Å². The minimum Gasteiger partial charge on any atom is -0.462 e. The van der Waals surface area contributed by atoms with Gasteiger partial charge in [-0.15, -0.1) is 0 Å². The van der Waals surface area contributed by atoms with Crippen molar-refractivity contribution in [3.63, 3.8) is 0 Å². The van der Waals surface area contributed by atoms with Gasteiger partial charge in [-0.1, -0.05) is 287 Å². The van der Waals surface area contributed by atoms with Crippen LogP contribution in [-0.4, -0.2) is 37.2 Å². The molecule has 1 atom stereocenters. The summed E-state index contributed by atoms with van der Waals surface area (Å²) in [6, 6.07) is 0. The largest absolute Gasteiger partial charge is 0.462 e. The van der Waals surface area contributed by atoms with Gasteiger partial charge in [-0.05, 0) is 83.5 Å². The molecule has 424 valence electrons. The molecule has 0 rings (SSSR count). The van der Waals surface area contributed by atoms with Crippen LogP contribution in [0.1, 0.15) is 329 Å². The highest BCUT2D eigenvalue weighted by atomic mass is 16.6. The van der Waals surface area contributed by atoms with E-state index >= 15 is 0 Å². The van der Waals surface area contributed by atoms with Gasteiger partial charge in [-0.2, -0.15) is 0 Å². The summed E-state index contributed by atoms with van der Waals surface area (Å²) in [6.07, 6.45) is 78.0. The van der Waals surface area contributed by atoms with Crippen LogP contribution >= 0.6 is 0 Å². The van der Waals surface area contributed by atoms with E-state index in [1.807, 2.05) is 0 Å². The van der Waals surface area contributed by atoms with Crippen LogP contribution in [0.25, 0.3) is 0 Å². The van der Waals surface area contributed by atoms with E-state index in [9.17, 15) is 14.4 Å². The van der Waals surface area contributed by atoms with Gasteiger partial charge in [-0.25, -0.2) is 0 Å². The van der Waals surface area contributed by atoms with E-state index in [0.717, 1.165) is 83.5 Å². The van der Waals surface area contributed by atoms with Crippen molar-refractivity contribution in [2.24, 2.45) is 0 Å². The van der Waals surface area contributed by atoms with Crippen LogP contribution in [0.2, 0.25) is 0 Å². The molecule has 0 saturated carbocycles. The highest BCUT2D eigenvalue weighted by Crippen LogP contribution is 2.17. The molecule has 0 saturated heterocycles. The molecule has 0 aliphatic heterocycles. The second-order valence-electron chi connectivity index (χ2n) is 21.3. The topological polar surface area (TPSA) is 78.9 Å². The molecule has 73 heavy (non-hydrogen) atoms. The molecule has 0 aromatic heterocycles. The maximum atomic E-state index is 12.9. The van der Waals surface area contributed by atoms with Crippen molar-refractivity contribution >= 4 is 17.9 Å². The Hall–Kier alpha value is -2.89. The van der Waals surface area contributed by atoms with Crippen LogP contribution in [0.15, 0.2) is 60.8 Å². The van der Waals surface area contributed by atoms with Crippen molar-refractivity contribution < 1.29 is 28.6 Å². The van der Waals surface area contributed by atoms with Crippen LogP contribution in [0.5, 0.6) is 0 Å². The van der Waals surface area contributed by atoms with Crippen molar-refractivity contribution in [3.8, 4) is 0 Å². The third-order valence-corrected chi connectivity index (χ3v) is 14.0. The van der Waals surface area contributed by atoms with E-state index in [1.54, 1.807) is 0 Å². The first kappa shape index (κ1) is 70.1. The highest BCUT2D eigenvalue weighted by Gasteiger charge is 2.19. The van der Waals surface area contributed by atoms with Crippen molar-refractivity contribution in [2.45, 2.75) is 335 Å². The fourth-order valence-corrected chi connectivity index (χ4v) is 9.25. The molecule has 0 heterocycles. The Morgan fingerprint density at radius 2 is 0.534 bits per heavy atom. The Morgan fingerprint density at radius 3 is 0.849 bits per heavy atom. The Balaban J connectivity index is 4.24. The standard InChI is InChI=1S/C67H120O6/c1-4-7-10-13-16-19-22-24-26-28-30-31-32-33-34-35-37-38-40-42-45-48-51-54-57-60-66(69)72-63-64(62-71-65(68)59-56-53-50-47-44-21-18-15-12-9-6-3)73-67(70)61-58-55-52-49-46-43-41-39-36-29-27-25-23-20-17-14-11-8-5-2/h7,10,16,19,24-27,30-31,64H,4-6,8-9,11-15,17-18,20-23,28-29,32-63H2,1-3H3/b10-7-,19-16-,26-24-,27-25-,31-30-. The van der Waals surface area contributed by atoms with Gasteiger partial charge in [-0.3, -0.25) is 14.4 Å². The molecule has 0 spiro atoms. The quantitative estimate of drug-likeness (QED) is 0.0261. The highest BCUT2D eigenvalue weighted by molar-refractivity contribution is 5.71. The van der Waals surface area contributed by atoms with Crippen LogP contribution in [0.3, 0.4) is 0 Å². The zero-order valence-electron chi connectivity index (χ0n) is 48.7. The second-order valence-corrected chi connectivity index (χ2v) is 21.3. The van der Waals surface area contributed by atoms with Gasteiger partial charge in [0.25, 0.3) is 0 Å². The van der Waals surface area contributed by atoms with Gasteiger partial charge in [0.05, 0.1) is 0 Å². The Kier molecular flexibility index (Phi) is 59.2. The summed E-state index contributed by atoms with van der Waals surface area (Å²) >= 11 is 0. The molecule has 6 nitrogen and oxygen atoms in total. The van der Waals surface area contributed by atoms with E-state index in [4.69, 9.17) is 14.2 Å². The van der Waals surface area contributed by atoms with E-state index in [2.05, 4.69) is 81.5 Å². The van der Waals surface area contributed by atoms with Crippen LogP contribution in [0.4, 0.5) is 0 Å². The van der Waals surface area contributed by atoms with E-state index in [1.165, 1.54) is 205 Å². The van der Waals surface area contributed by atoms with Crippen molar-refractivity contribution in [2.75, 3.05) is 13.2 Å². The number of rotatable bonds is 58. The van der Waals surface area contributed by atoms with Crippen LogP contribution in [0, 0.1) is 0 Å². The molecule has 1 unspecified atom stereocenters.